The molecule has 57 heavy (non-hydrogen) atoms. The third-order valence-corrected chi connectivity index (χ3v) is 13.5. The Kier molecular flexibility index (Phi) is 7.27. The van der Waals surface area contributed by atoms with Crippen LogP contribution in [0.1, 0.15) is 0 Å². The smallest absolute Gasteiger partial charge is 0.161 e. The topological polar surface area (TPSA) is 30.7 Å². The van der Waals surface area contributed by atoms with E-state index in [4.69, 9.17) is 9.97 Å². The maximum absolute atomic E-state index is 5.37. The molecular weight excluding hydrogens is 731 g/mol. The quantitative estimate of drug-likeness (QED) is 0.175. The van der Waals surface area contributed by atoms with Crippen molar-refractivity contribution in [2.24, 2.45) is 0 Å². The highest BCUT2D eigenvalue weighted by Crippen LogP contribution is 2.43. The molecule has 4 aromatic heterocycles. The molecule has 12 aromatic rings. The molecular formula is C52H31N3S2. The van der Waals surface area contributed by atoms with Crippen LogP contribution in [0.15, 0.2) is 188 Å². The van der Waals surface area contributed by atoms with Crippen molar-refractivity contribution >= 4 is 84.8 Å². The van der Waals surface area contributed by atoms with Crippen molar-refractivity contribution in [1.29, 1.82) is 0 Å². The standard InChI is InChI=1S/C52H31N3S2/c1-3-12-32(13-4-1)43-31-44(35-24-27-48-41(30-35)38-17-8-10-20-47(38)56-48)54-52(53-43)39-18-11-21-50-51(39)42-29-34(23-26-49(42)57-50)33-22-25-46-40(28-33)37-16-7-9-19-45(37)55(46)36-14-5-2-6-15-36/h1-31H. The molecule has 0 unspecified atom stereocenters. The molecule has 0 N–H and O–H groups in total. The number of thiophene rings is 2. The Bertz CT molecular complexity index is 3520. The van der Waals surface area contributed by atoms with Crippen molar-refractivity contribution in [3.05, 3.63) is 188 Å². The highest BCUT2D eigenvalue weighted by Gasteiger charge is 2.18. The summed E-state index contributed by atoms with van der Waals surface area (Å²) < 4.78 is 7.42. The lowest BCUT2D eigenvalue weighted by atomic mass is 9.99. The van der Waals surface area contributed by atoms with E-state index in [2.05, 4.69) is 193 Å². The Morgan fingerprint density at radius 2 is 0.930 bits per heavy atom. The molecule has 0 aliphatic carbocycles. The highest BCUT2D eigenvalue weighted by atomic mass is 32.1. The summed E-state index contributed by atoms with van der Waals surface area (Å²) in [6.07, 6.45) is 0. The summed E-state index contributed by atoms with van der Waals surface area (Å²) in [7, 11) is 0. The molecule has 266 valence electrons. The van der Waals surface area contributed by atoms with Gasteiger partial charge >= 0.3 is 0 Å². The number of nitrogens with zero attached hydrogens (tertiary/aromatic N) is 3. The van der Waals surface area contributed by atoms with Crippen molar-refractivity contribution in [2.75, 3.05) is 0 Å². The lowest BCUT2D eigenvalue weighted by molar-refractivity contribution is 1.18. The van der Waals surface area contributed by atoms with Crippen LogP contribution in [0.2, 0.25) is 0 Å². The van der Waals surface area contributed by atoms with Crippen molar-refractivity contribution in [1.82, 2.24) is 14.5 Å². The van der Waals surface area contributed by atoms with Crippen LogP contribution in [0, 0.1) is 0 Å². The van der Waals surface area contributed by atoms with Gasteiger partial charge in [0.2, 0.25) is 0 Å². The molecule has 3 nitrogen and oxygen atoms in total. The van der Waals surface area contributed by atoms with E-state index in [0.717, 1.165) is 39.6 Å². The first-order valence-corrected chi connectivity index (χ1v) is 20.8. The van der Waals surface area contributed by atoms with E-state index in [1.165, 1.54) is 73.3 Å². The molecule has 0 aliphatic heterocycles. The fraction of sp³-hybridized carbons (Fsp3) is 0. The van der Waals surface area contributed by atoms with Gasteiger partial charge in [0.1, 0.15) is 0 Å². The fourth-order valence-corrected chi connectivity index (χ4v) is 10.8. The molecule has 5 heteroatoms. The van der Waals surface area contributed by atoms with Gasteiger partial charge in [0.05, 0.1) is 22.4 Å². The number of fused-ring (bicyclic) bond motifs is 9. The van der Waals surface area contributed by atoms with E-state index in [1.54, 1.807) is 0 Å². The maximum atomic E-state index is 5.37. The highest BCUT2D eigenvalue weighted by molar-refractivity contribution is 7.26. The van der Waals surface area contributed by atoms with Gasteiger partial charge in [-0.2, -0.15) is 0 Å². The van der Waals surface area contributed by atoms with E-state index in [-0.39, 0.29) is 0 Å². The second-order valence-electron chi connectivity index (χ2n) is 14.5. The summed E-state index contributed by atoms with van der Waals surface area (Å²) >= 11 is 3.66. The number of hydrogen-bond acceptors (Lipinski definition) is 4. The van der Waals surface area contributed by atoms with Crippen LogP contribution < -0.4 is 0 Å². The molecule has 0 saturated heterocycles. The van der Waals surface area contributed by atoms with E-state index in [1.807, 2.05) is 22.7 Å². The monoisotopic (exact) mass is 761 g/mol. The fourth-order valence-electron chi connectivity index (χ4n) is 8.56. The zero-order valence-electron chi connectivity index (χ0n) is 30.6. The first-order chi connectivity index (χ1) is 28.2. The predicted molar refractivity (Wildman–Crippen MR) is 244 cm³/mol. The zero-order chi connectivity index (χ0) is 37.5. The van der Waals surface area contributed by atoms with Gasteiger partial charge < -0.3 is 4.57 Å². The average molecular weight is 762 g/mol. The molecule has 12 rings (SSSR count). The Hall–Kier alpha value is -6.92. The first kappa shape index (κ1) is 32.3. The summed E-state index contributed by atoms with van der Waals surface area (Å²) in [5, 5.41) is 7.45. The molecule has 4 heterocycles. The van der Waals surface area contributed by atoms with Crippen molar-refractivity contribution < 1.29 is 0 Å². The number of hydrogen-bond donors (Lipinski definition) is 0. The summed E-state index contributed by atoms with van der Waals surface area (Å²) in [6, 6.07) is 67.8. The second kappa shape index (κ2) is 12.8. The predicted octanol–water partition coefficient (Wildman–Crippen LogP) is 15.0. The van der Waals surface area contributed by atoms with Crippen molar-refractivity contribution in [2.45, 2.75) is 0 Å². The SMILES string of the molecule is c1ccc(-c2cc(-c3ccc4sc5ccccc5c4c3)nc(-c3cccc4sc5ccc(-c6ccc7c(c6)c6ccccc6n7-c6ccccc6)cc5c34)n2)cc1. The summed E-state index contributed by atoms with van der Waals surface area (Å²) in [5.74, 6) is 0.729. The summed E-state index contributed by atoms with van der Waals surface area (Å²) in [4.78, 5) is 10.7. The number of rotatable bonds is 5. The van der Waals surface area contributed by atoms with Crippen LogP contribution in [-0.4, -0.2) is 14.5 Å². The normalized spacial score (nSPS) is 11.9. The van der Waals surface area contributed by atoms with Crippen LogP contribution >= 0.6 is 22.7 Å². The minimum Gasteiger partial charge on any atom is -0.309 e. The van der Waals surface area contributed by atoms with Gasteiger partial charge in [-0.1, -0.05) is 115 Å². The third kappa shape index (κ3) is 5.24. The number of para-hydroxylation sites is 2. The van der Waals surface area contributed by atoms with Gasteiger partial charge in [-0.15, -0.1) is 22.7 Å². The van der Waals surface area contributed by atoms with E-state index in [0.29, 0.717) is 0 Å². The van der Waals surface area contributed by atoms with Gasteiger partial charge in [0.15, 0.2) is 5.82 Å². The van der Waals surface area contributed by atoms with E-state index >= 15 is 0 Å². The third-order valence-electron chi connectivity index (χ3n) is 11.2. The van der Waals surface area contributed by atoms with Gasteiger partial charge in [0.25, 0.3) is 0 Å². The van der Waals surface area contributed by atoms with Gasteiger partial charge in [0, 0.05) is 73.5 Å². The molecule has 0 saturated carbocycles. The van der Waals surface area contributed by atoms with Crippen molar-refractivity contribution in [3.63, 3.8) is 0 Å². The lowest BCUT2D eigenvalue weighted by Crippen LogP contribution is -1.96. The molecule has 0 amide bonds. The van der Waals surface area contributed by atoms with Gasteiger partial charge in [-0.25, -0.2) is 9.97 Å². The molecule has 0 bridgehead atoms. The molecule has 0 spiro atoms. The molecule has 0 aliphatic rings. The number of benzene rings is 8. The van der Waals surface area contributed by atoms with Crippen LogP contribution in [0.4, 0.5) is 0 Å². The zero-order valence-corrected chi connectivity index (χ0v) is 32.2. The van der Waals surface area contributed by atoms with Gasteiger partial charge in [-0.05, 0) is 83.9 Å². The van der Waals surface area contributed by atoms with Crippen LogP contribution in [0.5, 0.6) is 0 Å². The molecule has 0 radical (unpaired) electrons. The Morgan fingerprint density at radius 3 is 1.77 bits per heavy atom. The second-order valence-corrected chi connectivity index (χ2v) is 16.7. The van der Waals surface area contributed by atoms with Gasteiger partial charge in [-0.3, -0.25) is 0 Å². The first-order valence-electron chi connectivity index (χ1n) is 19.1. The Balaban J connectivity index is 1.04. The number of aromatic nitrogens is 3. The van der Waals surface area contributed by atoms with Crippen LogP contribution in [-0.2, 0) is 0 Å². The minimum absolute atomic E-state index is 0.729. The molecule has 0 atom stereocenters. The lowest BCUT2D eigenvalue weighted by Gasteiger charge is -2.11. The van der Waals surface area contributed by atoms with E-state index in [9.17, 15) is 0 Å². The molecule has 8 aromatic carbocycles. The Morgan fingerprint density at radius 1 is 0.351 bits per heavy atom. The van der Waals surface area contributed by atoms with Crippen LogP contribution in [0.3, 0.4) is 0 Å². The minimum atomic E-state index is 0.729. The van der Waals surface area contributed by atoms with E-state index < -0.39 is 0 Å². The average Bonchev–Trinajstić information content (AvgIpc) is 3.95. The Labute approximate surface area is 336 Å². The summed E-state index contributed by atoms with van der Waals surface area (Å²) in [5.41, 5.74) is 11.0. The van der Waals surface area contributed by atoms with Crippen LogP contribution in [0.25, 0.3) is 113 Å². The largest absolute Gasteiger partial charge is 0.309 e. The molecule has 0 fully saturated rings. The summed E-state index contributed by atoms with van der Waals surface area (Å²) in [6.45, 7) is 0. The van der Waals surface area contributed by atoms with Crippen molar-refractivity contribution in [3.8, 4) is 50.7 Å². The maximum Gasteiger partial charge on any atom is 0.161 e.